The summed E-state index contributed by atoms with van der Waals surface area (Å²) in [6.45, 7) is 17.5. The van der Waals surface area contributed by atoms with Crippen molar-refractivity contribution in [2.45, 2.75) is 58.9 Å². The van der Waals surface area contributed by atoms with Crippen molar-refractivity contribution in [3.63, 3.8) is 0 Å². The van der Waals surface area contributed by atoms with Gasteiger partial charge in [-0.15, -0.1) is 24.0 Å². The Kier molecular flexibility index (Phi) is 10.1. The van der Waals surface area contributed by atoms with Crippen molar-refractivity contribution in [1.82, 2.24) is 20.0 Å². The Morgan fingerprint density at radius 3 is 2.52 bits per heavy atom. The lowest BCUT2D eigenvalue weighted by Gasteiger charge is -2.33. The Balaban J connectivity index is 0.00000261. The Morgan fingerprint density at radius 1 is 1.04 bits per heavy atom. The van der Waals surface area contributed by atoms with Crippen LogP contribution in [-0.4, -0.2) is 85.6 Å². The molecule has 0 amide bonds. The average Bonchev–Trinajstić information content (AvgIpc) is 3.29. The fourth-order valence-electron chi connectivity index (χ4n) is 4.96. The summed E-state index contributed by atoms with van der Waals surface area (Å²) in [5.41, 5.74) is 0. The number of rotatable bonds is 6. The Hall–Kier alpha value is -0.0800. The van der Waals surface area contributed by atoms with E-state index in [0.29, 0.717) is 0 Å². The molecule has 3 aliphatic rings. The molecule has 0 radical (unpaired) electrons. The summed E-state index contributed by atoms with van der Waals surface area (Å²) < 4.78 is 0. The first-order valence-electron chi connectivity index (χ1n) is 11.2. The molecule has 158 valence electrons. The van der Waals surface area contributed by atoms with Crippen LogP contribution < -0.4 is 5.32 Å². The molecule has 0 aliphatic carbocycles. The molecule has 1 N–H and O–H groups in total. The zero-order chi connectivity index (χ0) is 18.4. The van der Waals surface area contributed by atoms with Gasteiger partial charge in [0.2, 0.25) is 0 Å². The molecule has 3 fully saturated rings. The maximum atomic E-state index is 5.08. The van der Waals surface area contributed by atoms with Gasteiger partial charge in [0.25, 0.3) is 0 Å². The van der Waals surface area contributed by atoms with Gasteiger partial charge in [-0.1, -0.05) is 13.8 Å². The second-order valence-electron chi connectivity index (χ2n) is 8.99. The van der Waals surface area contributed by atoms with Crippen LogP contribution in [0.1, 0.15) is 52.9 Å². The third-order valence-electron chi connectivity index (χ3n) is 6.18. The summed E-state index contributed by atoms with van der Waals surface area (Å²) in [7, 11) is 0. The molecule has 3 rings (SSSR count). The van der Waals surface area contributed by atoms with E-state index in [2.05, 4.69) is 40.8 Å². The van der Waals surface area contributed by atoms with Gasteiger partial charge in [0.1, 0.15) is 0 Å². The molecular formula is C21H42IN5. The number of aliphatic imine (C=N–C) groups is 1. The van der Waals surface area contributed by atoms with Crippen LogP contribution in [-0.2, 0) is 0 Å². The molecular weight excluding hydrogens is 449 g/mol. The molecule has 0 aromatic carbocycles. The van der Waals surface area contributed by atoms with E-state index in [1.807, 2.05) is 0 Å². The van der Waals surface area contributed by atoms with Crippen LogP contribution in [0.5, 0.6) is 0 Å². The van der Waals surface area contributed by atoms with Crippen molar-refractivity contribution < 1.29 is 0 Å². The number of halogens is 1. The number of nitrogens with one attached hydrogen (secondary N) is 1. The summed E-state index contributed by atoms with van der Waals surface area (Å²) in [6.07, 6.45) is 6.76. The normalized spacial score (nSPS) is 28.0. The topological polar surface area (TPSA) is 34.1 Å². The van der Waals surface area contributed by atoms with Crippen LogP contribution in [0.4, 0.5) is 0 Å². The van der Waals surface area contributed by atoms with Crippen LogP contribution in [0.25, 0.3) is 0 Å². The molecule has 2 atom stereocenters. The predicted molar refractivity (Wildman–Crippen MR) is 126 cm³/mol. The molecule has 5 nitrogen and oxygen atoms in total. The van der Waals surface area contributed by atoms with Gasteiger partial charge >= 0.3 is 0 Å². The SMILES string of the molecule is CCNC(=NCC1CCCN(CC(C)C)C1)N1CCC(N2CCCC2)C1.I. The molecule has 0 aromatic heterocycles. The van der Waals surface area contributed by atoms with Crippen molar-refractivity contribution in [2.24, 2.45) is 16.8 Å². The van der Waals surface area contributed by atoms with Crippen molar-refractivity contribution in [1.29, 1.82) is 0 Å². The summed E-state index contributed by atoms with van der Waals surface area (Å²) >= 11 is 0. The third-order valence-corrected chi connectivity index (χ3v) is 6.18. The molecule has 3 heterocycles. The summed E-state index contributed by atoms with van der Waals surface area (Å²) in [5, 5.41) is 3.56. The summed E-state index contributed by atoms with van der Waals surface area (Å²) in [5.74, 6) is 2.66. The van der Waals surface area contributed by atoms with Gasteiger partial charge < -0.3 is 15.1 Å². The lowest BCUT2D eigenvalue weighted by molar-refractivity contribution is 0.162. The van der Waals surface area contributed by atoms with E-state index in [0.717, 1.165) is 50.0 Å². The van der Waals surface area contributed by atoms with Crippen molar-refractivity contribution in [3.8, 4) is 0 Å². The molecule has 6 heteroatoms. The van der Waals surface area contributed by atoms with Gasteiger partial charge in [-0.25, -0.2) is 0 Å². The lowest BCUT2D eigenvalue weighted by atomic mass is 9.97. The van der Waals surface area contributed by atoms with Crippen LogP contribution >= 0.6 is 24.0 Å². The highest BCUT2D eigenvalue weighted by Gasteiger charge is 2.31. The predicted octanol–water partition coefficient (Wildman–Crippen LogP) is 3.11. The zero-order valence-electron chi connectivity index (χ0n) is 17.8. The minimum Gasteiger partial charge on any atom is -0.357 e. The minimum absolute atomic E-state index is 0. The molecule has 3 saturated heterocycles. The largest absolute Gasteiger partial charge is 0.357 e. The van der Waals surface area contributed by atoms with Gasteiger partial charge in [-0.05, 0) is 70.5 Å². The maximum Gasteiger partial charge on any atom is 0.193 e. The van der Waals surface area contributed by atoms with Gasteiger partial charge in [0.15, 0.2) is 5.96 Å². The summed E-state index contributed by atoms with van der Waals surface area (Å²) in [4.78, 5) is 13.0. The fraction of sp³-hybridized carbons (Fsp3) is 0.952. The number of piperidine rings is 1. The van der Waals surface area contributed by atoms with Gasteiger partial charge in [-0.3, -0.25) is 9.89 Å². The van der Waals surface area contributed by atoms with E-state index < -0.39 is 0 Å². The third kappa shape index (κ3) is 7.03. The standard InChI is InChI=1S/C21H41N5.HI/c1-4-22-21(26-13-9-20(17-26)25-11-5-6-12-25)23-14-19-8-7-10-24(16-19)15-18(2)3;/h18-20H,4-17H2,1-3H3,(H,22,23);1H. The van der Waals surface area contributed by atoms with E-state index in [1.165, 1.54) is 64.8 Å². The first kappa shape index (κ1) is 23.2. The lowest BCUT2D eigenvalue weighted by Crippen LogP contribution is -2.43. The molecule has 3 aliphatic heterocycles. The van der Waals surface area contributed by atoms with E-state index in [1.54, 1.807) is 0 Å². The van der Waals surface area contributed by atoms with Gasteiger partial charge in [-0.2, -0.15) is 0 Å². The smallest absolute Gasteiger partial charge is 0.193 e. The number of hydrogen-bond donors (Lipinski definition) is 1. The molecule has 27 heavy (non-hydrogen) atoms. The quantitative estimate of drug-likeness (QED) is 0.352. The highest BCUT2D eigenvalue weighted by molar-refractivity contribution is 14.0. The van der Waals surface area contributed by atoms with Crippen LogP contribution in [0.2, 0.25) is 0 Å². The molecule has 2 unspecified atom stereocenters. The van der Waals surface area contributed by atoms with Crippen molar-refractivity contribution in [3.05, 3.63) is 0 Å². The number of nitrogens with zero attached hydrogens (tertiary/aromatic N) is 4. The Labute approximate surface area is 184 Å². The highest BCUT2D eigenvalue weighted by Crippen LogP contribution is 2.21. The van der Waals surface area contributed by atoms with Crippen LogP contribution in [0.15, 0.2) is 4.99 Å². The average molecular weight is 492 g/mol. The first-order chi connectivity index (χ1) is 12.7. The molecule has 0 bridgehead atoms. The maximum absolute atomic E-state index is 5.08. The Morgan fingerprint density at radius 2 is 1.81 bits per heavy atom. The first-order valence-corrected chi connectivity index (χ1v) is 11.2. The molecule has 0 spiro atoms. The fourth-order valence-corrected chi connectivity index (χ4v) is 4.96. The van der Waals surface area contributed by atoms with E-state index >= 15 is 0 Å². The van der Waals surface area contributed by atoms with Gasteiger partial charge in [0.05, 0.1) is 0 Å². The number of guanidine groups is 1. The van der Waals surface area contributed by atoms with Crippen molar-refractivity contribution >= 4 is 29.9 Å². The number of hydrogen-bond acceptors (Lipinski definition) is 3. The molecule has 0 aromatic rings. The molecule has 0 saturated carbocycles. The monoisotopic (exact) mass is 491 g/mol. The van der Waals surface area contributed by atoms with Crippen LogP contribution in [0, 0.1) is 11.8 Å². The van der Waals surface area contributed by atoms with E-state index in [9.17, 15) is 0 Å². The summed E-state index contributed by atoms with van der Waals surface area (Å²) in [6, 6.07) is 0.748. The Bertz CT molecular complexity index is 450. The highest BCUT2D eigenvalue weighted by atomic mass is 127. The minimum atomic E-state index is 0. The van der Waals surface area contributed by atoms with Crippen LogP contribution in [0.3, 0.4) is 0 Å². The second-order valence-corrected chi connectivity index (χ2v) is 8.99. The van der Waals surface area contributed by atoms with Gasteiger partial charge in [0, 0.05) is 45.3 Å². The van der Waals surface area contributed by atoms with E-state index in [-0.39, 0.29) is 24.0 Å². The number of likely N-dealkylation sites (tertiary alicyclic amines) is 3. The van der Waals surface area contributed by atoms with Crippen molar-refractivity contribution in [2.75, 3.05) is 58.9 Å². The second kappa shape index (κ2) is 11.8. The zero-order valence-corrected chi connectivity index (χ0v) is 20.2. The van der Waals surface area contributed by atoms with E-state index in [4.69, 9.17) is 4.99 Å².